The molecule has 1 aliphatic heterocycles. The van der Waals surface area contributed by atoms with Crippen LogP contribution in [0.2, 0.25) is 0 Å². The predicted octanol–water partition coefficient (Wildman–Crippen LogP) is 2.16. The summed E-state index contributed by atoms with van der Waals surface area (Å²) < 4.78 is 5.70. The molecule has 1 aromatic carbocycles. The van der Waals surface area contributed by atoms with Gasteiger partial charge in [0, 0.05) is 31.0 Å². The van der Waals surface area contributed by atoms with Crippen molar-refractivity contribution in [3.63, 3.8) is 0 Å². The number of ether oxygens (including phenoxy) is 1. The van der Waals surface area contributed by atoms with Gasteiger partial charge in [-0.15, -0.1) is 0 Å². The van der Waals surface area contributed by atoms with Gasteiger partial charge in [-0.1, -0.05) is 37.3 Å². The number of fused-ring (bicyclic) bond motifs is 1. The van der Waals surface area contributed by atoms with E-state index in [2.05, 4.69) is 24.0 Å². The summed E-state index contributed by atoms with van der Waals surface area (Å²) in [7, 11) is 0. The smallest absolute Gasteiger partial charge is 0.122 e. The Kier molecular flexibility index (Phi) is 4.55. The van der Waals surface area contributed by atoms with E-state index in [0.717, 1.165) is 38.4 Å². The van der Waals surface area contributed by atoms with Gasteiger partial charge >= 0.3 is 0 Å². The van der Waals surface area contributed by atoms with Gasteiger partial charge in [-0.05, 0) is 12.6 Å². The number of nitrogens with two attached hydrogens (primary N) is 1. The average Bonchev–Trinajstić information content (AvgIpc) is 2.77. The highest BCUT2D eigenvalue weighted by Crippen LogP contribution is 2.33. The summed E-state index contributed by atoms with van der Waals surface area (Å²) in [6, 6.07) is 8.30. The fourth-order valence-electron chi connectivity index (χ4n) is 2.34. The van der Waals surface area contributed by atoms with Crippen molar-refractivity contribution < 1.29 is 4.74 Å². The largest absolute Gasteiger partial charge is 0.493 e. The summed E-state index contributed by atoms with van der Waals surface area (Å²) in [5.74, 6) is 1.50. The molecule has 18 heavy (non-hydrogen) atoms. The lowest BCUT2D eigenvalue weighted by Gasteiger charge is -2.23. The number of para-hydroxylation sites is 1. The fourth-order valence-corrected chi connectivity index (χ4v) is 2.43. The molecule has 2 N–H and O–H groups in total. The average molecular weight is 264 g/mol. The molecule has 1 aliphatic rings. The quantitative estimate of drug-likeness (QED) is 0.799. The maximum Gasteiger partial charge on any atom is 0.122 e. The molecule has 1 heterocycles. The van der Waals surface area contributed by atoms with Crippen molar-refractivity contribution in [3.8, 4) is 5.75 Å². The summed E-state index contributed by atoms with van der Waals surface area (Å²) in [5.41, 5.74) is 6.89. The lowest BCUT2D eigenvalue weighted by molar-refractivity contribution is 0.246. The molecular formula is C14H20N2OS. The van der Waals surface area contributed by atoms with Crippen LogP contribution in [0.1, 0.15) is 24.8 Å². The van der Waals surface area contributed by atoms with Gasteiger partial charge in [0.25, 0.3) is 0 Å². The number of hydrogen-bond donors (Lipinski definition) is 1. The normalized spacial score (nSPS) is 17.6. The van der Waals surface area contributed by atoms with Crippen LogP contribution in [-0.4, -0.2) is 36.1 Å². The van der Waals surface area contributed by atoms with Crippen LogP contribution >= 0.6 is 12.2 Å². The Labute approximate surface area is 114 Å². The van der Waals surface area contributed by atoms with E-state index in [0.29, 0.717) is 10.9 Å². The zero-order valence-corrected chi connectivity index (χ0v) is 11.6. The molecule has 0 saturated heterocycles. The van der Waals surface area contributed by atoms with Crippen molar-refractivity contribution in [1.29, 1.82) is 0 Å². The molecule has 0 radical (unpaired) electrons. The van der Waals surface area contributed by atoms with Gasteiger partial charge in [-0.25, -0.2) is 0 Å². The molecule has 98 valence electrons. The van der Waals surface area contributed by atoms with Crippen LogP contribution < -0.4 is 10.5 Å². The number of hydrogen-bond acceptors (Lipinski definition) is 3. The lowest BCUT2D eigenvalue weighted by atomic mass is 10.0. The van der Waals surface area contributed by atoms with Crippen LogP contribution in [0.15, 0.2) is 24.3 Å². The number of rotatable bonds is 6. The molecule has 2 rings (SSSR count). The van der Waals surface area contributed by atoms with Gasteiger partial charge in [0.15, 0.2) is 0 Å². The third-order valence-corrected chi connectivity index (χ3v) is 3.60. The predicted molar refractivity (Wildman–Crippen MR) is 78.2 cm³/mol. The molecule has 0 spiro atoms. The summed E-state index contributed by atoms with van der Waals surface area (Å²) >= 11 is 4.93. The number of benzene rings is 1. The zero-order chi connectivity index (χ0) is 13.0. The summed E-state index contributed by atoms with van der Waals surface area (Å²) in [6.07, 6.45) is 0.790. The molecule has 0 amide bonds. The van der Waals surface area contributed by atoms with E-state index in [9.17, 15) is 0 Å². The van der Waals surface area contributed by atoms with Crippen molar-refractivity contribution in [3.05, 3.63) is 29.8 Å². The first-order chi connectivity index (χ1) is 8.70. The molecule has 0 aromatic heterocycles. The standard InChI is InChI=1S/C14H20N2OS/c1-2-16(8-7-14(15)18)9-11-10-17-13-6-4-3-5-12(11)13/h3-6,11H,2,7-10H2,1H3,(H2,15,18). The van der Waals surface area contributed by atoms with E-state index in [1.54, 1.807) is 0 Å². The summed E-state index contributed by atoms with van der Waals surface area (Å²) in [4.78, 5) is 2.98. The number of nitrogens with zero attached hydrogens (tertiary/aromatic N) is 1. The molecule has 0 aliphatic carbocycles. The minimum atomic E-state index is 0.465. The van der Waals surface area contributed by atoms with E-state index in [1.165, 1.54) is 5.56 Å². The van der Waals surface area contributed by atoms with Gasteiger partial charge in [0.2, 0.25) is 0 Å². The SMILES string of the molecule is CCN(CCC(N)=S)CC1COc2ccccc21. The Morgan fingerprint density at radius 2 is 2.28 bits per heavy atom. The second-order valence-electron chi connectivity index (χ2n) is 4.66. The molecule has 4 heteroatoms. The van der Waals surface area contributed by atoms with Crippen molar-refractivity contribution in [1.82, 2.24) is 4.90 Å². The Bertz CT molecular complexity index is 422. The topological polar surface area (TPSA) is 38.5 Å². The third-order valence-electron chi connectivity index (χ3n) is 3.40. The summed E-state index contributed by atoms with van der Waals surface area (Å²) in [6.45, 7) is 5.91. The van der Waals surface area contributed by atoms with Crippen LogP contribution in [-0.2, 0) is 0 Å². The van der Waals surface area contributed by atoms with Gasteiger partial charge < -0.3 is 15.4 Å². The van der Waals surface area contributed by atoms with Crippen LogP contribution in [0.5, 0.6) is 5.75 Å². The molecule has 0 fully saturated rings. The van der Waals surface area contributed by atoms with Gasteiger partial charge in [-0.3, -0.25) is 0 Å². The minimum absolute atomic E-state index is 0.465. The van der Waals surface area contributed by atoms with Crippen LogP contribution in [0.3, 0.4) is 0 Å². The fraction of sp³-hybridized carbons (Fsp3) is 0.500. The van der Waals surface area contributed by atoms with E-state index in [4.69, 9.17) is 22.7 Å². The summed E-state index contributed by atoms with van der Waals surface area (Å²) in [5, 5.41) is 0. The number of likely N-dealkylation sites (N-methyl/N-ethyl adjacent to an activating group) is 1. The van der Waals surface area contributed by atoms with E-state index >= 15 is 0 Å². The van der Waals surface area contributed by atoms with Crippen LogP contribution in [0, 0.1) is 0 Å². The lowest BCUT2D eigenvalue weighted by Crippen LogP contribution is -2.32. The van der Waals surface area contributed by atoms with Crippen molar-refractivity contribution >= 4 is 17.2 Å². The maximum atomic E-state index is 5.70. The first kappa shape index (κ1) is 13.3. The van der Waals surface area contributed by atoms with Crippen LogP contribution in [0.25, 0.3) is 0 Å². The van der Waals surface area contributed by atoms with Crippen LogP contribution in [0.4, 0.5) is 0 Å². The molecular weight excluding hydrogens is 244 g/mol. The highest BCUT2D eigenvalue weighted by Gasteiger charge is 2.25. The zero-order valence-electron chi connectivity index (χ0n) is 10.8. The van der Waals surface area contributed by atoms with Crippen molar-refractivity contribution in [2.24, 2.45) is 5.73 Å². The highest BCUT2D eigenvalue weighted by molar-refractivity contribution is 7.80. The molecule has 0 bridgehead atoms. The Morgan fingerprint density at radius 1 is 1.50 bits per heavy atom. The Hall–Kier alpha value is -1.13. The third kappa shape index (κ3) is 3.21. The molecule has 1 atom stereocenters. The molecule has 1 unspecified atom stereocenters. The van der Waals surface area contributed by atoms with Crippen molar-refractivity contribution in [2.75, 3.05) is 26.2 Å². The van der Waals surface area contributed by atoms with E-state index in [1.807, 2.05) is 12.1 Å². The van der Waals surface area contributed by atoms with Crippen molar-refractivity contribution in [2.45, 2.75) is 19.3 Å². The van der Waals surface area contributed by atoms with Gasteiger partial charge in [-0.2, -0.15) is 0 Å². The second-order valence-corrected chi connectivity index (χ2v) is 5.18. The first-order valence-electron chi connectivity index (χ1n) is 6.43. The molecule has 3 nitrogen and oxygen atoms in total. The Balaban J connectivity index is 1.95. The van der Waals surface area contributed by atoms with Gasteiger partial charge in [0.1, 0.15) is 5.75 Å². The van der Waals surface area contributed by atoms with Gasteiger partial charge in [0.05, 0.1) is 11.6 Å². The monoisotopic (exact) mass is 264 g/mol. The highest BCUT2D eigenvalue weighted by atomic mass is 32.1. The molecule has 1 aromatic rings. The Morgan fingerprint density at radius 3 is 3.00 bits per heavy atom. The van der Waals surface area contributed by atoms with E-state index < -0.39 is 0 Å². The first-order valence-corrected chi connectivity index (χ1v) is 6.84. The molecule has 0 saturated carbocycles. The number of thiocarbonyl (C=S) groups is 1. The maximum absolute atomic E-state index is 5.70. The van der Waals surface area contributed by atoms with E-state index in [-0.39, 0.29) is 0 Å². The minimum Gasteiger partial charge on any atom is -0.493 e. The second kappa shape index (κ2) is 6.16.